The Balaban J connectivity index is 1.70. The maximum atomic E-state index is 13.5. The first-order valence-electron chi connectivity index (χ1n) is 9.69. The monoisotopic (exact) mass is 456 g/mol. The van der Waals surface area contributed by atoms with Gasteiger partial charge in [-0.05, 0) is 42.2 Å². The Hall–Kier alpha value is -2.03. The number of halogens is 3. The summed E-state index contributed by atoms with van der Waals surface area (Å²) in [5.74, 6) is -2.51. The fourth-order valence-electron chi connectivity index (χ4n) is 3.34. The number of sulfonamides is 1. The van der Waals surface area contributed by atoms with Gasteiger partial charge in [0, 0.05) is 26.2 Å². The maximum absolute atomic E-state index is 13.5. The van der Waals surface area contributed by atoms with Crippen molar-refractivity contribution in [3.8, 4) is 0 Å². The van der Waals surface area contributed by atoms with Gasteiger partial charge < -0.3 is 4.90 Å². The lowest BCUT2D eigenvalue weighted by molar-refractivity contribution is 0.0697. The van der Waals surface area contributed by atoms with E-state index in [2.05, 4.69) is 13.8 Å². The van der Waals surface area contributed by atoms with Crippen molar-refractivity contribution in [2.75, 3.05) is 26.2 Å². The first-order chi connectivity index (χ1) is 14.1. The van der Waals surface area contributed by atoms with Crippen molar-refractivity contribution in [1.29, 1.82) is 0 Å². The zero-order chi connectivity index (χ0) is 22.1. The molecule has 2 aromatic carbocycles. The van der Waals surface area contributed by atoms with Gasteiger partial charge in [0.2, 0.25) is 10.0 Å². The van der Waals surface area contributed by atoms with Crippen LogP contribution in [0.2, 0.25) is 5.02 Å². The van der Waals surface area contributed by atoms with Crippen LogP contribution in [0, 0.1) is 11.6 Å². The van der Waals surface area contributed by atoms with Crippen molar-refractivity contribution >= 4 is 27.5 Å². The molecule has 0 aromatic heterocycles. The Morgan fingerprint density at radius 1 is 1.07 bits per heavy atom. The van der Waals surface area contributed by atoms with Crippen molar-refractivity contribution in [2.45, 2.75) is 31.1 Å². The molecule has 5 nitrogen and oxygen atoms in total. The van der Waals surface area contributed by atoms with Gasteiger partial charge in [-0.1, -0.05) is 37.6 Å². The summed E-state index contributed by atoms with van der Waals surface area (Å²) in [6, 6.07) is 8.39. The van der Waals surface area contributed by atoms with Gasteiger partial charge in [-0.15, -0.1) is 0 Å². The highest BCUT2D eigenvalue weighted by Crippen LogP contribution is 2.25. The van der Waals surface area contributed by atoms with E-state index in [0.29, 0.717) is 5.92 Å². The van der Waals surface area contributed by atoms with E-state index in [1.54, 1.807) is 12.1 Å². The summed E-state index contributed by atoms with van der Waals surface area (Å²) < 4.78 is 53.9. The number of carbonyl (C=O) groups excluding carboxylic acids is 1. The Kier molecular flexibility index (Phi) is 6.79. The smallest absolute Gasteiger partial charge is 0.255 e. The van der Waals surface area contributed by atoms with Crippen LogP contribution in [0.1, 0.15) is 42.1 Å². The van der Waals surface area contributed by atoms with Crippen molar-refractivity contribution in [1.82, 2.24) is 9.21 Å². The van der Waals surface area contributed by atoms with E-state index >= 15 is 0 Å². The highest BCUT2D eigenvalue weighted by atomic mass is 35.5. The molecule has 1 fully saturated rings. The molecule has 2 aromatic rings. The molecule has 162 valence electrons. The second-order valence-corrected chi connectivity index (χ2v) is 9.67. The third-order valence-electron chi connectivity index (χ3n) is 5.47. The van der Waals surface area contributed by atoms with Gasteiger partial charge in [0.1, 0.15) is 0 Å². The van der Waals surface area contributed by atoms with Crippen LogP contribution in [0.3, 0.4) is 0 Å². The summed E-state index contributed by atoms with van der Waals surface area (Å²) in [6.45, 7) is 4.60. The van der Waals surface area contributed by atoms with Crippen LogP contribution in [0.15, 0.2) is 41.3 Å². The summed E-state index contributed by atoms with van der Waals surface area (Å²) in [7, 11) is -3.69. The molecule has 0 bridgehead atoms. The second kappa shape index (κ2) is 8.99. The number of piperazine rings is 1. The van der Waals surface area contributed by atoms with Crippen LogP contribution in [0.4, 0.5) is 8.78 Å². The molecule has 1 heterocycles. The summed E-state index contributed by atoms with van der Waals surface area (Å²) >= 11 is 5.88. The number of rotatable bonds is 5. The first kappa shape index (κ1) is 22.7. The van der Waals surface area contributed by atoms with Crippen molar-refractivity contribution in [3.05, 3.63) is 64.2 Å². The van der Waals surface area contributed by atoms with E-state index in [1.165, 1.54) is 9.21 Å². The van der Waals surface area contributed by atoms with Crippen LogP contribution in [0.5, 0.6) is 0 Å². The first-order valence-corrected chi connectivity index (χ1v) is 11.5. The largest absolute Gasteiger partial charge is 0.336 e. The molecule has 0 radical (unpaired) electrons. The lowest BCUT2D eigenvalue weighted by atomic mass is 9.99. The van der Waals surface area contributed by atoms with Gasteiger partial charge in [-0.2, -0.15) is 4.31 Å². The molecule has 1 aliphatic rings. The van der Waals surface area contributed by atoms with Crippen LogP contribution in [0.25, 0.3) is 0 Å². The molecule has 30 heavy (non-hydrogen) atoms. The third kappa shape index (κ3) is 4.50. The van der Waals surface area contributed by atoms with E-state index in [0.717, 1.165) is 24.1 Å². The topological polar surface area (TPSA) is 57.7 Å². The Morgan fingerprint density at radius 3 is 2.20 bits per heavy atom. The average Bonchev–Trinajstić information content (AvgIpc) is 2.75. The van der Waals surface area contributed by atoms with Gasteiger partial charge in [0.05, 0.1) is 15.5 Å². The number of benzene rings is 2. The van der Waals surface area contributed by atoms with Gasteiger partial charge in [-0.25, -0.2) is 17.2 Å². The molecular weight excluding hydrogens is 434 g/mol. The molecule has 1 atom stereocenters. The zero-order valence-corrected chi connectivity index (χ0v) is 18.3. The summed E-state index contributed by atoms with van der Waals surface area (Å²) in [5, 5.41) is -0.185. The van der Waals surface area contributed by atoms with Crippen LogP contribution in [-0.4, -0.2) is 49.7 Å². The Labute approximate surface area is 180 Å². The van der Waals surface area contributed by atoms with Crippen molar-refractivity contribution in [3.63, 3.8) is 0 Å². The number of amides is 1. The predicted molar refractivity (Wildman–Crippen MR) is 111 cm³/mol. The van der Waals surface area contributed by atoms with Gasteiger partial charge in [0.15, 0.2) is 11.6 Å². The van der Waals surface area contributed by atoms with E-state index in [9.17, 15) is 22.0 Å². The van der Waals surface area contributed by atoms with Gasteiger partial charge >= 0.3 is 0 Å². The highest BCUT2D eigenvalue weighted by Gasteiger charge is 2.31. The second-order valence-electron chi connectivity index (χ2n) is 7.32. The minimum atomic E-state index is -3.69. The van der Waals surface area contributed by atoms with Gasteiger partial charge in [-0.3, -0.25) is 4.79 Å². The summed E-state index contributed by atoms with van der Waals surface area (Å²) in [4.78, 5) is 14.2. The van der Waals surface area contributed by atoms with Crippen LogP contribution in [-0.2, 0) is 10.0 Å². The number of carbonyl (C=O) groups is 1. The minimum absolute atomic E-state index is 0.0997. The number of nitrogens with zero attached hydrogens (tertiary/aromatic N) is 2. The molecule has 0 saturated carbocycles. The molecule has 0 aliphatic carbocycles. The average molecular weight is 457 g/mol. The van der Waals surface area contributed by atoms with E-state index in [-0.39, 0.29) is 41.7 Å². The van der Waals surface area contributed by atoms with E-state index < -0.39 is 27.6 Å². The maximum Gasteiger partial charge on any atom is 0.255 e. The number of hydrogen-bond acceptors (Lipinski definition) is 3. The molecule has 9 heteroatoms. The fraction of sp³-hybridized carbons (Fsp3) is 0.381. The third-order valence-corrected chi connectivity index (χ3v) is 7.69. The molecule has 1 unspecified atom stereocenters. The standard InChI is InChI=1S/C21H23ClF2N2O3S/c1-3-14(2)15-4-6-16(7-5-15)30(28,29)26-10-8-25(9-11-26)21(27)17-12-19(23)20(24)13-18(17)22/h4-7,12-14H,3,8-11H2,1-2H3. The molecular formula is C21H23ClF2N2O3S. The molecule has 0 N–H and O–H groups in total. The highest BCUT2D eigenvalue weighted by molar-refractivity contribution is 7.89. The Bertz CT molecular complexity index is 1040. The normalized spacial score (nSPS) is 16.5. The summed E-state index contributed by atoms with van der Waals surface area (Å²) in [6.07, 6.45) is 0.962. The molecule has 0 spiro atoms. The minimum Gasteiger partial charge on any atom is -0.336 e. The fourth-order valence-corrected chi connectivity index (χ4v) is 4.99. The van der Waals surface area contributed by atoms with E-state index in [4.69, 9.17) is 11.6 Å². The zero-order valence-electron chi connectivity index (χ0n) is 16.7. The lowest BCUT2D eigenvalue weighted by Crippen LogP contribution is -2.50. The van der Waals surface area contributed by atoms with Crippen molar-refractivity contribution < 1.29 is 22.0 Å². The SMILES string of the molecule is CCC(C)c1ccc(S(=O)(=O)N2CCN(C(=O)c3cc(F)c(F)cc3Cl)CC2)cc1. The van der Waals surface area contributed by atoms with Crippen molar-refractivity contribution in [2.24, 2.45) is 0 Å². The van der Waals surface area contributed by atoms with Crippen LogP contribution < -0.4 is 0 Å². The summed E-state index contributed by atoms with van der Waals surface area (Å²) in [5.41, 5.74) is 0.933. The quantitative estimate of drug-likeness (QED) is 0.631. The molecule has 1 amide bonds. The Morgan fingerprint density at radius 2 is 1.63 bits per heavy atom. The van der Waals surface area contributed by atoms with Gasteiger partial charge in [0.25, 0.3) is 5.91 Å². The number of hydrogen-bond donors (Lipinski definition) is 0. The predicted octanol–water partition coefficient (Wildman–Crippen LogP) is 4.28. The molecule has 1 aliphatic heterocycles. The van der Waals surface area contributed by atoms with Crippen LogP contribution >= 0.6 is 11.6 Å². The lowest BCUT2D eigenvalue weighted by Gasteiger charge is -2.34. The molecule has 3 rings (SSSR count). The molecule has 1 saturated heterocycles. The van der Waals surface area contributed by atoms with E-state index in [1.807, 2.05) is 12.1 Å².